The quantitative estimate of drug-likeness (QED) is 0.544. The Kier molecular flexibility index (Phi) is 4.67. The highest BCUT2D eigenvalue weighted by molar-refractivity contribution is 5.95. The first kappa shape index (κ1) is 14.0. The van der Waals surface area contributed by atoms with E-state index in [-0.39, 0.29) is 29.6 Å². The fraction of sp³-hybridized carbons (Fsp3) is 0.333. The molecule has 0 bridgehead atoms. The highest BCUT2D eigenvalue weighted by Crippen LogP contribution is 2.24. The molecule has 1 aromatic carbocycles. The van der Waals surface area contributed by atoms with Crippen molar-refractivity contribution in [3.8, 4) is 5.75 Å². The number of carbonyl (C=O) groups is 2. The van der Waals surface area contributed by atoms with E-state index >= 15 is 0 Å². The van der Waals surface area contributed by atoms with Gasteiger partial charge in [0.05, 0.1) is 23.9 Å². The number of aromatic hydroxyl groups is 1. The summed E-state index contributed by atoms with van der Waals surface area (Å²) in [6.07, 6.45) is -0.240. The van der Waals surface area contributed by atoms with Gasteiger partial charge in [-0.15, -0.1) is 0 Å². The lowest BCUT2D eigenvalue weighted by molar-refractivity contribution is -0.114. The summed E-state index contributed by atoms with van der Waals surface area (Å²) in [7, 11) is 0. The number of anilines is 1. The molecule has 4 N–H and O–H groups in total. The summed E-state index contributed by atoms with van der Waals surface area (Å²) < 4.78 is 4.98. The molecule has 0 unspecified atom stereocenters. The zero-order valence-electron chi connectivity index (χ0n) is 10.3. The molecule has 1 amide bonds. The molecule has 0 aliphatic carbocycles. The first-order valence-electron chi connectivity index (χ1n) is 5.48. The second-order valence-electron chi connectivity index (χ2n) is 3.94. The van der Waals surface area contributed by atoms with Crippen LogP contribution in [-0.4, -0.2) is 29.6 Å². The summed E-state index contributed by atoms with van der Waals surface area (Å²) in [6.45, 7) is 3.28. The summed E-state index contributed by atoms with van der Waals surface area (Å²) in [5.74, 6) is -1.17. The lowest BCUT2D eigenvalue weighted by Crippen LogP contribution is -2.22. The minimum atomic E-state index is -0.531. The van der Waals surface area contributed by atoms with Crippen molar-refractivity contribution < 1.29 is 19.4 Å². The molecule has 0 atom stereocenters. The molecule has 1 rings (SSSR count). The number of carbonyl (C=O) groups excluding carboxylic acids is 2. The van der Waals surface area contributed by atoms with E-state index in [1.807, 2.05) is 0 Å². The highest BCUT2D eigenvalue weighted by Gasteiger charge is 2.12. The lowest BCUT2D eigenvalue weighted by atomic mass is 10.2. The van der Waals surface area contributed by atoms with Gasteiger partial charge >= 0.3 is 5.97 Å². The molecule has 0 heterocycles. The van der Waals surface area contributed by atoms with E-state index in [0.717, 1.165) is 0 Å². The molecule has 98 valence electrons. The SMILES string of the molecule is CC(C)OC(=O)c1ccc(NC(=O)CN)c(O)c1. The van der Waals surface area contributed by atoms with Crippen molar-refractivity contribution in [2.45, 2.75) is 20.0 Å². The van der Waals surface area contributed by atoms with Crippen LogP contribution in [0.2, 0.25) is 0 Å². The number of hydrogen-bond donors (Lipinski definition) is 3. The third kappa shape index (κ3) is 3.74. The van der Waals surface area contributed by atoms with Crippen molar-refractivity contribution in [2.75, 3.05) is 11.9 Å². The van der Waals surface area contributed by atoms with Crippen LogP contribution in [0.15, 0.2) is 18.2 Å². The van der Waals surface area contributed by atoms with Gasteiger partial charge in [-0.05, 0) is 32.0 Å². The molecular weight excluding hydrogens is 236 g/mol. The maximum absolute atomic E-state index is 11.6. The molecule has 1 aromatic rings. The van der Waals surface area contributed by atoms with Crippen molar-refractivity contribution in [1.82, 2.24) is 0 Å². The maximum Gasteiger partial charge on any atom is 0.338 e. The molecule has 0 aliphatic rings. The minimum absolute atomic E-state index is 0.184. The van der Waals surface area contributed by atoms with Gasteiger partial charge in [-0.3, -0.25) is 4.79 Å². The van der Waals surface area contributed by atoms with E-state index in [2.05, 4.69) is 5.32 Å². The van der Waals surface area contributed by atoms with Gasteiger partial charge in [0.25, 0.3) is 0 Å². The molecular formula is C12H16N2O4. The Balaban J connectivity index is 2.85. The number of benzene rings is 1. The zero-order valence-corrected chi connectivity index (χ0v) is 10.3. The van der Waals surface area contributed by atoms with Crippen LogP contribution in [0.4, 0.5) is 5.69 Å². The number of amides is 1. The predicted molar refractivity (Wildman–Crippen MR) is 66.3 cm³/mol. The number of ether oxygens (including phenoxy) is 1. The number of nitrogens with one attached hydrogen (secondary N) is 1. The molecule has 0 fully saturated rings. The molecule has 18 heavy (non-hydrogen) atoms. The third-order valence-corrected chi connectivity index (χ3v) is 2.04. The first-order chi connectivity index (χ1) is 8.43. The van der Waals surface area contributed by atoms with Gasteiger partial charge in [0.15, 0.2) is 0 Å². The number of phenols is 1. The fourth-order valence-corrected chi connectivity index (χ4v) is 1.25. The van der Waals surface area contributed by atoms with Gasteiger partial charge in [0, 0.05) is 0 Å². The molecule has 0 saturated heterocycles. The summed E-state index contributed by atoms with van der Waals surface area (Å²) >= 11 is 0. The van der Waals surface area contributed by atoms with Crippen LogP contribution in [0.1, 0.15) is 24.2 Å². The molecule has 0 spiro atoms. The van der Waals surface area contributed by atoms with Crippen LogP contribution >= 0.6 is 0 Å². The average molecular weight is 252 g/mol. The molecule has 0 aliphatic heterocycles. The smallest absolute Gasteiger partial charge is 0.338 e. The number of hydrogen-bond acceptors (Lipinski definition) is 5. The van der Waals surface area contributed by atoms with Crippen LogP contribution in [0.25, 0.3) is 0 Å². The van der Waals surface area contributed by atoms with Crippen LogP contribution < -0.4 is 11.1 Å². The van der Waals surface area contributed by atoms with E-state index in [1.165, 1.54) is 18.2 Å². The van der Waals surface area contributed by atoms with Crippen molar-refractivity contribution in [1.29, 1.82) is 0 Å². The van der Waals surface area contributed by atoms with E-state index in [4.69, 9.17) is 10.5 Å². The normalized spacial score (nSPS) is 10.2. The number of phenolic OH excluding ortho intramolecular Hbond substituents is 1. The second-order valence-corrected chi connectivity index (χ2v) is 3.94. The van der Waals surface area contributed by atoms with Gasteiger partial charge in [0.2, 0.25) is 5.91 Å². The Morgan fingerprint density at radius 3 is 2.61 bits per heavy atom. The predicted octanol–water partition coefficient (Wildman–Crippen LogP) is 0.855. The van der Waals surface area contributed by atoms with Crippen LogP contribution in [-0.2, 0) is 9.53 Å². The lowest BCUT2D eigenvalue weighted by Gasteiger charge is -2.10. The third-order valence-electron chi connectivity index (χ3n) is 2.04. The van der Waals surface area contributed by atoms with Crippen molar-refractivity contribution in [3.63, 3.8) is 0 Å². The van der Waals surface area contributed by atoms with E-state index in [9.17, 15) is 14.7 Å². The number of nitrogens with two attached hydrogens (primary N) is 1. The van der Waals surface area contributed by atoms with Gasteiger partial charge in [-0.25, -0.2) is 4.79 Å². The number of esters is 1. The first-order valence-corrected chi connectivity index (χ1v) is 5.48. The van der Waals surface area contributed by atoms with Gasteiger partial charge in [-0.2, -0.15) is 0 Å². The standard InChI is InChI=1S/C12H16N2O4/c1-7(2)18-12(17)8-3-4-9(10(15)5-8)14-11(16)6-13/h3-5,7,15H,6,13H2,1-2H3,(H,14,16). The zero-order chi connectivity index (χ0) is 13.7. The monoisotopic (exact) mass is 252 g/mol. The largest absolute Gasteiger partial charge is 0.506 e. The van der Waals surface area contributed by atoms with Crippen molar-refractivity contribution >= 4 is 17.6 Å². The minimum Gasteiger partial charge on any atom is -0.506 e. The summed E-state index contributed by atoms with van der Waals surface area (Å²) in [6, 6.07) is 4.10. The van der Waals surface area contributed by atoms with Crippen LogP contribution in [0.5, 0.6) is 5.75 Å². The van der Waals surface area contributed by atoms with Gasteiger partial charge in [0.1, 0.15) is 5.75 Å². The van der Waals surface area contributed by atoms with Gasteiger partial charge < -0.3 is 20.9 Å². The van der Waals surface area contributed by atoms with E-state index in [0.29, 0.717) is 0 Å². The molecule has 0 saturated carbocycles. The Hall–Kier alpha value is -2.08. The van der Waals surface area contributed by atoms with E-state index < -0.39 is 11.9 Å². The Morgan fingerprint density at radius 1 is 1.44 bits per heavy atom. The van der Waals surface area contributed by atoms with Gasteiger partial charge in [-0.1, -0.05) is 0 Å². The van der Waals surface area contributed by atoms with Crippen LogP contribution in [0, 0.1) is 0 Å². The van der Waals surface area contributed by atoms with Crippen molar-refractivity contribution in [3.05, 3.63) is 23.8 Å². The van der Waals surface area contributed by atoms with Crippen molar-refractivity contribution in [2.24, 2.45) is 5.73 Å². The maximum atomic E-state index is 11.6. The van der Waals surface area contributed by atoms with Crippen LogP contribution in [0.3, 0.4) is 0 Å². The molecule has 0 aromatic heterocycles. The Bertz CT molecular complexity index is 457. The number of rotatable bonds is 4. The fourth-order valence-electron chi connectivity index (χ4n) is 1.25. The molecule has 6 heteroatoms. The molecule has 6 nitrogen and oxygen atoms in total. The Labute approximate surface area is 105 Å². The average Bonchev–Trinajstić information content (AvgIpc) is 2.30. The second kappa shape index (κ2) is 6.02. The summed E-state index contributed by atoms with van der Waals surface area (Å²) in [5, 5.41) is 12.1. The van der Waals surface area contributed by atoms with E-state index in [1.54, 1.807) is 13.8 Å². The summed E-state index contributed by atoms with van der Waals surface area (Å²) in [5.41, 5.74) is 5.55. The topological polar surface area (TPSA) is 102 Å². The highest BCUT2D eigenvalue weighted by atomic mass is 16.5. The Morgan fingerprint density at radius 2 is 2.11 bits per heavy atom. The summed E-state index contributed by atoms with van der Waals surface area (Å²) in [4.78, 5) is 22.6. The molecule has 0 radical (unpaired) electrons.